The third-order valence-electron chi connectivity index (χ3n) is 8.46. The number of hydrogen-bond acceptors (Lipinski definition) is 4. The van der Waals surface area contributed by atoms with Gasteiger partial charge in [0.05, 0.1) is 0 Å². The SMILES string of the molecule is Nc1ccc(Oc2ccc(-c3ccc4c(ccc5c6ccccc6ccc45)c3-c3ccc(Oc4ccc(N)cc4)cc3)cc2)cc1. The molecular formula is C42H30N2O2. The van der Waals surface area contributed by atoms with Crippen molar-refractivity contribution < 1.29 is 9.47 Å². The third-order valence-corrected chi connectivity index (χ3v) is 8.46. The van der Waals surface area contributed by atoms with Crippen LogP contribution in [0, 0.1) is 0 Å². The largest absolute Gasteiger partial charge is 0.457 e. The number of ether oxygens (including phenoxy) is 2. The van der Waals surface area contributed by atoms with Gasteiger partial charge in [0, 0.05) is 11.4 Å². The monoisotopic (exact) mass is 594 g/mol. The van der Waals surface area contributed by atoms with Gasteiger partial charge in [0.1, 0.15) is 23.0 Å². The van der Waals surface area contributed by atoms with Crippen LogP contribution >= 0.6 is 0 Å². The molecule has 4 N–H and O–H groups in total. The maximum absolute atomic E-state index is 6.12. The van der Waals surface area contributed by atoms with Crippen molar-refractivity contribution in [3.05, 3.63) is 158 Å². The van der Waals surface area contributed by atoms with Gasteiger partial charge in [0.25, 0.3) is 0 Å². The van der Waals surface area contributed by atoms with E-state index < -0.39 is 0 Å². The van der Waals surface area contributed by atoms with Gasteiger partial charge in [-0.3, -0.25) is 0 Å². The summed E-state index contributed by atoms with van der Waals surface area (Å²) in [5.41, 5.74) is 17.6. The molecule has 46 heavy (non-hydrogen) atoms. The molecule has 0 spiro atoms. The van der Waals surface area contributed by atoms with E-state index in [1.807, 2.05) is 72.8 Å². The molecule has 8 aromatic carbocycles. The minimum absolute atomic E-state index is 0.705. The van der Waals surface area contributed by atoms with Crippen LogP contribution in [0.4, 0.5) is 11.4 Å². The topological polar surface area (TPSA) is 70.5 Å². The predicted octanol–water partition coefficient (Wildman–Crippen LogP) is 11.2. The van der Waals surface area contributed by atoms with Gasteiger partial charge in [0.2, 0.25) is 0 Å². The lowest BCUT2D eigenvalue weighted by Gasteiger charge is -2.17. The van der Waals surface area contributed by atoms with Crippen LogP contribution in [0.1, 0.15) is 0 Å². The van der Waals surface area contributed by atoms with Crippen LogP contribution in [0.15, 0.2) is 158 Å². The zero-order valence-electron chi connectivity index (χ0n) is 25.0. The summed E-state index contributed by atoms with van der Waals surface area (Å²) in [5, 5.41) is 7.39. The second kappa shape index (κ2) is 11.3. The zero-order valence-corrected chi connectivity index (χ0v) is 25.0. The maximum Gasteiger partial charge on any atom is 0.127 e. The van der Waals surface area contributed by atoms with Gasteiger partial charge in [-0.15, -0.1) is 0 Å². The first-order valence-corrected chi connectivity index (χ1v) is 15.2. The third kappa shape index (κ3) is 5.12. The van der Waals surface area contributed by atoms with Crippen LogP contribution < -0.4 is 20.9 Å². The molecule has 0 unspecified atom stereocenters. The van der Waals surface area contributed by atoms with Crippen LogP contribution in [0.5, 0.6) is 23.0 Å². The molecule has 0 atom stereocenters. The van der Waals surface area contributed by atoms with Crippen molar-refractivity contribution in [1.29, 1.82) is 0 Å². The Morgan fingerprint density at radius 2 is 0.761 bits per heavy atom. The van der Waals surface area contributed by atoms with Crippen molar-refractivity contribution in [1.82, 2.24) is 0 Å². The molecule has 4 heteroatoms. The summed E-state index contributed by atoms with van der Waals surface area (Å²) in [6.45, 7) is 0. The minimum atomic E-state index is 0.705. The summed E-state index contributed by atoms with van der Waals surface area (Å²) in [4.78, 5) is 0. The molecule has 0 aliphatic rings. The molecule has 220 valence electrons. The Bertz CT molecular complexity index is 2340. The van der Waals surface area contributed by atoms with Gasteiger partial charge >= 0.3 is 0 Å². The summed E-state index contributed by atoms with van der Waals surface area (Å²) in [6, 6.07) is 53.5. The Morgan fingerprint density at radius 1 is 0.326 bits per heavy atom. The van der Waals surface area contributed by atoms with Crippen molar-refractivity contribution in [3.63, 3.8) is 0 Å². The van der Waals surface area contributed by atoms with Crippen molar-refractivity contribution in [2.24, 2.45) is 0 Å². The number of nitrogens with two attached hydrogens (primary N) is 2. The molecule has 0 bridgehead atoms. The fourth-order valence-electron chi connectivity index (χ4n) is 6.19. The highest BCUT2D eigenvalue weighted by Crippen LogP contribution is 2.42. The average molecular weight is 595 g/mol. The van der Waals surface area contributed by atoms with Crippen molar-refractivity contribution in [2.45, 2.75) is 0 Å². The molecule has 0 saturated heterocycles. The first kappa shape index (κ1) is 27.3. The van der Waals surface area contributed by atoms with E-state index in [0.717, 1.165) is 39.7 Å². The number of benzene rings is 8. The van der Waals surface area contributed by atoms with Gasteiger partial charge in [0.15, 0.2) is 0 Å². The summed E-state index contributed by atoms with van der Waals surface area (Å²) < 4.78 is 12.2. The lowest BCUT2D eigenvalue weighted by Crippen LogP contribution is -1.91. The Hall–Kier alpha value is -6.26. The van der Waals surface area contributed by atoms with E-state index in [-0.39, 0.29) is 0 Å². The highest BCUT2D eigenvalue weighted by Gasteiger charge is 2.15. The second-order valence-electron chi connectivity index (χ2n) is 11.4. The normalized spacial score (nSPS) is 11.2. The molecule has 0 aliphatic carbocycles. The van der Waals surface area contributed by atoms with E-state index in [9.17, 15) is 0 Å². The highest BCUT2D eigenvalue weighted by atomic mass is 16.5. The second-order valence-corrected chi connectivity index (χ2v) is 11.4. The molecule has 8 aromatic rings. The van der Waals surface area contributed by atoms with Crippen molar-refractivity contribution in [2.75, 3.05) is 11.5 Å². The fourth-order valence-corrected chi connectivity index (χ4v) is 6.19. The van der Waals surface area contributed by atoms with E-state index in [0.29, 0.717) is 11.4 Å². The molecule has 0 fully saturated rings. The number of rotatable bonds is 6. The number of fused-ring (bicyclic) bond motifs is 5. The van der Waals surface area contributed by atoms with Crippen molar-refractivity contribution >= 4 is 43.7 Å². The average Bonchev–Trinajstić information content (AvgIpc) is 3.10. The number of hydrogen-bond donors (Lipinski definition) is 2. The Kier molecular flexibility index (Phi) is 6.73. The molecular weight excluding hydrogens is 564 g/mol. The van der Waals surface area contributed by atoms with Gasteiger partial charge in [-0.1, -0.05) is 84.9 Å². The van der Waals surface area contributed by atoms with Crippen LogP contribution in [-0.4, -0.2) is 0 Å². The van der Waals surface area contributed by atoms with Gasteiger partial charge in [-0.25, -0.2) is 0 Å². The summed E-state index contributed by atoms with van der Waals surface area (Å²) >= 11 is 0. The molecule has 8 rings (SSSR count). The highest BCUT2D eigenvalue weighted by molar-refractivity contribution is 6.20. The van der Waals surface area contributed by atoms with Crippen LogP contribution in [0.2, 0.25) is 0 Å². The number of anilines is 2. The number of nitrogen functional groups attached to an aromatic ring is 2. The minimum Gasteiger partial charge on any atom is -0.457 e. The van der Waals surface area contributed by atoms with E-state index in [2.05, 4.69) is 84.9 Å². The summed E-state index contributed by atoms with van der Waals surface area (Å²) in [6.07, 6.45) is 0. The van der Waals surface area contributed by atoms with Crippen LogP contribution in [0.3, 0.4) is 0 Å². The molecule has 0 radical (unpaired) electrons. The maximum atomic E-state index is 6.12. The first-order chi connectivity index (χ1) is 22.6. The van der Waals surface area contributed by atoms with E-state index in [1.165, 1.54) is 37.9 Å². The molecule has 0 amide bonds. The summed E-state index contributed by atoms with van der Waals surface area (Å²) in [7, 11) is 0. The fraction of sp³-hybridized carbons (Fsp3) is 0. The summed E-state index contributed by atoms with van der Waals surface area (Å²) in [5.74, 6) is 3.01. The van der Waals surface area contributed by atoms with E-state index in [1.54, 1.807) is 0 Å². The van der Waals surface area contributed by atoms with Gasteiger partial charge in [-0.05, 0) is 127 Å². The molecule has 0 aliphatic heterocycles. The van der Waals surface area contributed by atoms with E-state index in [4.69, 9.17) is 20.9 Å². The molecule has 0 heterocycles. The van der Waals surface area contributed by atoms with Crippen LogP contribution in [-0.2, 0) is 0 Å². The smallest absolute Gasteiger partial charge is 0.127 e. The lowest BCUT2D eigenvalue weighted by atomic mass is 9.87. The quantitative estimate of drug-likeness (QED) is 0.148. The van der Waals surface area contributed by atoms with Gasteiger partial charge in [-0.2, -0.15) is 0 Å². The predicted molar refractivity (Wildman–Crippen MR) is 192 cm³/mol. The molecule has 0 aromatic heterocycles. The molecule has 4 nitrogen and oxygen atoms in total. The Labute approximate surface area is 267 Å². The first-order valence-electron chi connectivity index (χ1n) is 15.2. The van der Waals surface area contributed by atoms with E-state index >= 15 is 0 Å². The molecule has 0 saturated carbocycles. The van der Waals surface area contributed by atoms with Crippen LogP contribution in [0.25, 0.3) is 54.6 Å². The van der Waals surface area contributed by atoms with Gasteiger partial charge < -0.3 is 20.9 Å². The Balaban J connectivity index is 1.24. The lowest BCUT2D eigenvalue weighted by molar-refractivity contribution is 0.482. The standard InChI is InChI=1S/C42H30N2O2/c43-30-10-18-34(19-11-30)45-32-14-5-28(6-15-32)37-23-24-40-39-22-9-27-3-1-2-4-36(27)38(39)25-26-41(40)42(37)29-7-16-33(17-8-29)46-35-20-12-31(44)13-21-35/h1-26H,43-44H2. The van der Waals surface area contributed by atoms with Crippen molar-refractivity contribution in [3.8, 4) is 45.3 Å². The zero-order chi connectivity index (χ0) is 31.0. The Morgan fingerprint density at radius 3 is 1.37 bits per heavy atom.